The number of anilines is 2. The van der Waals surface area contributed by atoms with Gasteiger partial charge in [-0.3, -0.25) is 0 Å². The lowest BCUT2D eigenvalue weighted by molar-refractivity contribution is 0.400. The Balaban J connectivity index is 1.35. The fourth-order valence-electron chi connectivity index (χ4n) is 4.19. The maximum Gasteiger partial charge on any atom is 0.227 e. The molecule has 0 amide bonds. The topological polar surface area (TPSA) is 32.3 Å². The molecule has 3 heterocycles. The summed E-state index contributed by atoms with van der Waals surface area (Å²) in [4.78, 5) is 14.3. The molecule has 2 aromatic rings. The quantitative estimate of drug-likeness (QED) is 0.828. The van der Waals surface area contributed by atoms with Gasteiger partial charge in [-0.15, -0.1) is 0 Å². The smallest absolute Gasteiger partial charge is 0.227 e. The summed E-state index contributed by atoms with van der Waals surface area (Å²) >= 11 is 0. The third kappa shape index (κ3) is 4.17. The van der Waals surface area contributed by atoms with Crippen molar-refractivity contribution in [3.05, 3.63) is 48.2 Å². The molecule has 2 saturated heterocycles. The van der Waals surface area contributed by atoms with Gasteiger partial charge in [0.15, 0.2) is 0 Å². The standard InChI is InChI=1S/C22H30N4/c1-18-8-13-25(14-9-18)21-7-12-23-22(24-21)26-15-10-20(11-16-26)17-19-5-3-2-4-6-19/h2-7,12,18,20H,8-11,13-17H2,1H3. The zero-order chi connectivity index (χ0) is 17.8. The molecular weight excluding hydrogens is 320 g/mol. The van der Waals surface area contributed by atoms with E-state index >= 15 is 0 Å². The Morgan fingerprint density at radius 1 is 0.885 bits per heavy atom. The van der Waals surface area contributed by atoms with E-state index in [0.717, 1.165) is 49.8 Å². The van der Waals surface area contributed by atoms with E-state index in [4.69, 9.17) is 4.98 Å². The van der Waals surface area contributed by atoms with E-state index in [1.165, 1.54) is 37.7 Å². The van der Waals surface area contributed by atoms with Crippen molar-refractivity contribution < 1.29 is 0 Å². The van der Waals surface area contributed by atoms with E-state index in [9.17, 15) is 0 Å². The molecule has 4 heteroatoms. The van der Waals surface area contributed by atoms with Gasteiger partial charge < -0.3 is 9.80 Å². The summed E-state index contributed by atoms with van der Waals surface area (Å²) in [5.41, 5.74) is 1.46. The van der Waals surface area contributed by atoms with Gasteiger partial charge in [-0.25, -0.2) is 4.98 Å². The Hall–Kier alpha value is -2.10. The summed E-state index contributed by atoms with van der Waals surface area (Å²) in [6.45, 7) is 6.73. The van der Waals surface area contributed by atoms with Gasteiger partial charge in [0, 0.05) is 32.4 Å². The minimum atomic E-state index is 0.778. The van der Waals surface area contributed by atoms with Crippen molar-refractivity contribution in [3.63, 3.8) is 0 Å². The predicted molar refractivity (Wildman–Crippen MR) is 108 cm³/mol. The molecule has 4 rings (SSSR count). The number of aromatic nitrogens is 2. The Labute approximate surface area is 157 Å². The molecule has 0 unspecified atom stereocenters. The number of piperidine rings is 2. The van der Waals surface area contributed by atoms with E-state index in [1.807, 2.05) is 6.20 Å². The Morgan fingerprint density at radius 2 is 1.58 bits per heavy atom. The van der Waals surface area contributed by atoms with Gasteiger partial charge in [0.1, 0.15) is 5.82 Å². The van der Waals surface area contributed by atoms with Crippen LogP contribution in [0.5, 0.6) is 0 Å². The molecule has 2 aliphatic rings. The van der Waals surface area contributed by atoms with Gasteiger partial charge in [-0.05, 0) is 55.6 Å². The molecule has 1 aromatic carbocycles. The third-order valence-electron chi connectivity index (χ3n) is 6.00. The van der Waals surface area contributed by atoms with Crippen LogP contribution in [0, 0.1) is 11.8 Å². The molecule has 0 radical (unpaired) electrons. The highest BCUT2D eigenvalue weighted by Crippen LogP contribution is 2.26. The minimum absolute atomic E-state index is 0.778. The first kappa shape index (κ1) is 17.3. The first-order chi connectivity index (χ1) is 12.8. The van der Waals surface area contributed by atoms with Crippen LogP contribution in [0.4, 0.5) is 11.8 Å². The number of hydrogen-bond donors (Lipinski definition) is 0. The Morgan fingerprint density at radius 3 is 2.31 bits per heavy atom. The molecule has 138 valence electrons. The SMILES string of the molecule is CC1CCN(c2ccnc(N3CCC(Cc4ccccc4)CC3)n2)CC1. The van der Waals surface area contributed by atoms with Gasteiger partial charge in [-0.1, -0.05) is 37.3 Å². The Kier molecular flexibility index (Phi) is 5.37. The lowest BCUT2D eigenvalue weighted by Gasteiger charge is -2.34. The minimum Gasteiger partial charge on any atom is -0.356 e. The van der Waals surface area contributed by atoms with Crippen molar-refractivity contribution in [2.45, 2.75) is 39.0 Å². The number of hydrogen-bond acceptors (Lipinski definition) is 4. The predicted octanol–water partition coefficient (Wildman–Crippen LogP) is 4.17. The highest BCUT2D eigenvalue weighted by atomic mass is 15.3. The van der Waals surface area contributed by atoms with Gasteiger partial charge >= 0.3 is 0 Å². The van der Waals surface area contributed by atoms with Crippen molar-refractivity contribution >= 4 is 11.8 Å². The van der Waals surface area contributed by atoms with Crippen molar-refractivity contribution in [2.24, 2.45) is 11.8 Å². The second kappa shape index (κ2) is 8.07. The molecule has 0 bridgehead atoms. The van der Waals surface area contributed by atoms with Crippen LogP contribution < -0.4 is 9.80 Å². The van der Waals surface area contributed by atoms with Gasteiger partial charge in [0.05, 0.1) is 0 Å². The highest BCUT2D eigenvalue weighted by Gasteiger charge is 2.23. The normalized spacial score (nSPS) is 19.7. The van der Waals surface area contributed by atoms with Crippen molar-refractivity contribution in [3.8, 4) is 0 Å². The van der Waals surface area contributed by atoms with E-state index in [-0.39, 0.29) is 0 Å². The molecule has 1 aromatic heterocycles. The lowest BCUT2D eigenvalue weighted by Crippen LogP contribution is -2.37. The van der Waals surface area contributed by atoms with Crippen LogP contribution in [0.15, 0.2) is 42.6 Å². The monoisotopic (exact) mass is 350 g/mol. The first-order valence-corrected chi connectivity index (χ1v) is 10.1. The molecule has 4 nitrogen and oxygen atoms in total. The molecule has 26 heavy (non-hydrogen) atoms. The van der Waals surface area contributed by atoms with Crippen LogP contribution in [0.2, 0.25) is 0 Å². The summed E-state index contributed by atoms with van der Waals surface area (Å²) in [6.07, 6.45) is 8.12. The summed E-state index contributed by atoms with van der Waals surface area (Å²) < 4.78 is 0. The fraction of sp³-hybridized carbons (Fsp3) is 0.545. The molecule has 2 fully saturated rings. The van der Waals surface area contributed by atoms with Crippen molar-refractivity contribution in [1.82, 2.24) is 9.97 Å². The highest BCUT2D eigenvalue weighted by molar-refractivity contribution is 5.44. The van der Waals surface area contributed by atoms with E-state index in [0.29, 0.717) is 0 Å². The number of rotatable bonds is 4. The molecule has 0 saturated carbocycles. The molecule has 0 atom stereocenters. The molecule has 0 aliphatic carbocycles. The van der Waals surface area contributed by atoms with Crippen LogP contribution in [0.25, 0.3) is 0 Å². The third-order valence-corrected chi connectivity index (χ3v) is 6.00. The second-order valence-electron chi connectivity index (χ2n) is 8.00. The van der Waals surface area contributed by atoms with Crippen LogP contribution in [-0.2, 0) is 6.42 Å². The zero-order valence-electron chi connectivity index (χ0n) is 15.8. The largest absolute Gasteiger partial charge is 0.356 e. The Bertz CT molecular complexity index is 686. The van der Waals surface area contributed by atoms with E-state index < -0.39 is 0 Å². The van der Waals surface area contributed by atoms with E-state index in [2.05, 4.69) is 58.1 Å². The van der Waals surface area contributed by atoms with Crippen LogP contribution in [-0.4, -0.2) is 36.1 Å². The molecule has 2 aliphatic heterocycles. The summed E-state index contributed by atoms with van der Waals surface area (Å²) in [5, 5.41) is 0. The van der Waals surface area contributed by atoms with Gasteiger partial charge in [0.2, 0.25) is 5.95 Å². The van der Waals surface area contributed by atoms with Gasteiger partial charge in [-0.2, -0.15) is 4.98 Å². The van der Waals surface area contributed by atoms with Crippen LogP contribution >= 0.6 is 0 Å². The summed E-state index contributed by atoms with van der Waals surface area (Å²) in [6, 6.07) is 13.0. The second-order valence-corrected chi connectivity index (χ2v) is 8.00. The molecule has 0 spiro atoms. The average Bonchev–Trinajstić information content (AvgIpc) is 2.70. The van der Waals surface area contributed by atoms with Crippen molar-refractivity contribution in [2.75, 3.05) is 36.0 Å². The average molecular weight is 351 g/mol. The first-order valence-electron chi connectivity index (χ1n) is 10.1. The maximum atomic E-state index is 4.89. The molecule has 0 N–H and O–H groups in total. The number of benzene rings is 1. The van der Waals surface area contributed by atoms with Crippen LogP contribution in [0.1, 0.15) is 38.2 Å². The summed E-state index contributed by atoms with van der Waals surface area (Å²) in [5.74, 6) is 3.64. The maximum absolute atomic E-state index is 4.89. The number of nitrogens with zero attached hydrogens (tertiary/aromatic N) is 4. The van der Waals surface area contributed by atoms with E-state index in [1.54, 1.807) is 0 Å². The zero-order valence-corrected chi connectivity index (χ0v) is 15.8. The summed E-state index contributed by atoms with van der Waals surface area (Å²) in [7, 11) is 0. The van der Waals surface area contributed by atoms with Gasteiger partial charge in [0.25, 0.3) is 0 Å². The fourth-order valence-corrected chi connectivity index (χ4v) is 4.19. The lowest BCUT2D eigenvalue weighted by atomic mass is 9.90. The van der Waals surface area contributed by atoms with Crippen LogP contribution in [0.3, 0.4) is 0 Å². The molecular formula is C22H30N4. The van der Waals surface area contributed by atoms with Crippen molar-refractivity contribution in [1.29, 1.82) is 0 Å².